The molecule has 0 aliphatic carbocycles. The van der Waals surface area contributed by atoms with Crippen LogP contribution in [0.25, 0.3) is 0 Å². The van der Waals surface area contributed by atoms with Gasteiger partial charge in [-0.05, 0) is 0 Å². The van der Waals surface area contributed by atoms with Gasteiger partial charge < -0.3 is 0 Å². The van der Waals surface area contributed by atoms with E-state index in [-0.39, 0.29) is 0 Å². The summed E-state index contributed by atoms with van der Waals surface area (Å²) in [5.74, 6) is 0. The molecule has 3 nitrogen and oxygen atoms in total. The van der Waals surface area contributed by atoms with Crippen LogP contribution < -0.4 is 5.64 Å². The zero-order valence-corrected chi connectivity index (χ0v) is 6.02. The van der Waals surface area contributed by atoms with Crippen molar-refractivity contribution in [3.63, 3.8) is 0 Å². The summed E-state index contributed by atoms with van der Waals surface area (Å²) in [6.07, 6.45) is 1.25. The van der Waals surface area contributed by atoms with Gasteiger partial charge in [0, 0.05) is 0 Å². The maximum Gasteiger partial charge on any atom is 0.0599 e. The molecule has 0 amide bonds. The van der Waals surface area contributed by atoms with E-state index >= 15 is 0 Å². The fourth-order valence-electron chi connectivity index (χ4n) is 0.0833. The molecule has 0 fully saturated rings. The summed E-state index contributed by atoms with van der Waals surface area (Å²) in [4.78, 5) is 8.44. The molecule has 0 aliphatic heterocycles. The Bertz CT molecular complexity index is 24.4. The molecule has 0 rings (SSSR count). The summed E-state index contributed by atoms with van der Waals surface area (Å²) < 4.78 is 0. The maximum atomic E-state index is 4.22. The van der Waals surface area contributed by atoms with Crippen LogP contribution in [0.2, 0.25) is 0 Å². The molecule has 0 heterocycles. The Morgan fingerprint density at radius 2 is 1.38 bits per heavy atom. The molecular formula is C5H15NO2. The van der Waals surface area contributed by atoms with Crippen molar-refractivity contribution in [2.45, 2.75) is 20.3 Å². The first-order valence-corrected chi connectivity index (χ1v) is 2.64. The van der Waals surface area contributed by atoms with Gasteiger partial charge >= 0.3 is 0 Å². The van der Waals surface area contributed by atoms with Gasteiger partial charge in [-0.1, -0.05) is 25.9 Å². The maximum absolute atomic E-state index is 4.22. The van der Waals surface area contributed by atoms with Gasteiger partial charge in [-0.25, -0.2) is 0 Å². The topological polar surface area (TPSA) is 30.5 Å². The van der Waals surface area contributed by atoms with Crippen molar-refractivity contribution in [1.29, 1.82) is 0 Å². The highest BCUT2D eigenvalue weighted by Crippen LogP contribution is 1.56. The zero-order chi connectivity index (χ0) is 6.83. The molecule has 0 atom stereocenters. The third-order valence-corrected chi connectivity index (χ3v) is 0.167. The van der Waals surface area contributed by atoms with Crippen LogP contribution in [0, 0.1) is 0 Å². The first-order chi connectivity index (χ1) is 3.83. The Labute approximate surface area is 50.9 Å². The lowest BCUT2D eigenvalue weighted by atomic mass is 10.6. The van der Waals surface area contributed by atoms with Crippen molar-refractivity contribution >= 4 is 0 Å². The van der Waals surface area contributed by atoms with E-state index in [1.54, 1.807) is 0 Å². The molecule has 1 N–H and O–H groups in total. The summed E-state index contributed by atoms with van der Waals surface area (Å²) in [5, 5.41) is 0. The largest absolute Gasteiger partial charge is 0.280 e. The van der Waals surface area contributed by atoms with Crippen LogP contribution in [-0.4, -0.2) is 14.2 Å². The standard InChI is InChI=1S/C3H8.C2H7NO2/c1-3-2;1-4-3-5-2/h3H2,1-2H3;3H,1-2H3. The minimum absolute atomic E-state index is 1.25. The lowest BCUT2D eigenvalue weighted by Gasteiger charge is -1.89. The van der Waals surface area contributed by atoms with Crippen LogP contribution in [-0.2, 0) is 9.68 Å². The van der Waals surface area contributed by atoms with Crippen LogP contribution in [0.1, 0.15) is 20.3 Å². The van der Waals surface area contributed by atoms with Crippen molar-refractivity contribution in [3.05, 3.63) is 0 Å². The van der Waals surface area contributed by atoms with Crippen LogP contribution in [0.15, 0.2) is 0 Å². The van der Waals surface area contributed by atoms with Gasteiger partial charge in [0.25, 0.3) is 0 Å². The molecule has 0 unspecified atom stereocenters. The molecule has 0 saturated heterocycles. The fraction of sp³-hybridized carbons (Fsp3) is 1.00. The smallest absolute Gasteiger partial charge is 0.0599 e. The molecule has 3 heteroatoms. The van der Waals surface area contributed by atoms with Crippen LogP contribution in [0.5, 0.6) is 0 Å². The molecule has 0 aromatic heterocycles. The lowest BCUT2D eigenvalue weighted by molar-refractivity contribution is -0.130. The van der Waals surface area contributed by atoms with Crippen LogP contribution in [0.3, 0.4) is 0 Å². The lowest BCUT2D eigenvalue weighted by Crippen LogP contribution is -2.07. The summed E-state index contributed by atoms with van der Waals surface area (Å²) >= 11 is 0. The van der Waals surface area contributed by atoms with Crippen molar-refractivity contribution in [3.8, 4) is 0 Å². The Morgan fingerprint density at radius 1 is 1.12 bits per heavy atom. The number of hydrogen-bond donors (Lipinski definition) is 1. The highest BCUT2D eigenvalue weighted by molar-refractivity contribution is 3.92. The van der Waals surface area contributed by atoms with E-state index in [1.165, 1.54) is 20.6 Å². The Morgan fingerprint density at radius 3 is 1.38 bits per heavy atom. The molecular weight excluding hydrogens is 106 g/mol. The average molecular weight is 121 g/mol. The minimum Gasteiger partial charge on any atom is -0.280 e. The van der Waals surface area contributed by atoms with Gasteiger partial charge in [0.15, 0.2) is 0 Å². The Hall–Kier alpha value is -0.120. The predicted molar refractivity (Wildman–Crippen MR) is 33.1 cm³/mol. The summed E-state index contributed by atoms with van der Waals surface area (Å²) in [6.45, 7) is 4.25. The van der Waals surface area contributed by atoms with Gasteiger partial charge in [-0.3, -0.25) is 9.68 Å². The quantitative estimate of drug-likeness (QED) is 0.555. The van der Waals surface area contributed by atoms with E-state index in [0.717, 1.165) is 0 Å². The molecule has 8 heavy (non-hydrogen) atoms. The van der Waals surface area contributed by atoms with Crippen LogP contribution in [0.4, 0.5) is 0 Å². The number of nitrogens with one attached hydrogen (secondary N) is 1. The van der Waals surface area contributed by atoms with Gasteiger partial charge in [0.2, 0.25) is 0 Å². The highest BCUT2D eigenvalue weighted by atomic mass is 16.9. The number of hydrogen-bond acceptors (Lipinski definition) is 3. The van der Waals surface area contributed by atoms with Gasteiger partial charge in [0.1, 0.15) is 0 Å². The van der Waals surface area contributed by atoms with Gasteiger partial charge in [-0.2, -0.15) is 0 Å². The van der Waals surface area contributed by atoms with Gasteiger partial charge in [-0.15, -0.1) is 0 Å². The van der Waals surface area contributed by atoms with Gasteiger partial charge in [0.05, 0.1) is 14.2 Å². The van der Waals surface area contributed by atoms with E-state index in [4.69, 9.17) is 0 Å². The SMILES string of the molecule is CCC.CONOC. The Balaban J connectivity index is 0. The monoisotopic (exact) mass is 121 g/mol. The molecule has 0 bridgehead atoms. The second-order valence-corrected chi connectivity index (χ2v) is 1.20. The first kappa shape index (κ1) is 10.8. The molecule has 52 valence electrons. The summed E-state index contributed by atoms with van der Waals surface area (Å²) in [5.41, 5.74) is 2.11. The number of rotatable bonds is 2. The predicted octanol–water partition coefficient (Wildman–Crippen LogP) is 1.12. The first-order valence-electron chi connectivity index (χ1n) is 2.64. The average Bonchev–Trinajstić information content (AvgIpc) is 1.71. The van der Waals surface area contributed by atoms with Crippen LogP contribution >= 0.6 is 0 Å². The summed E-state index contributed by atoms with van der Waals surface area (Å²) in [6, 6.07) is 0. The minimum atomic E-state index is 1.25. The van der Waals surface area contributed by atoms with E-state index in [2.05, 4.69) is 29.2 Å². The molecule has 0 spiro atoms. The normalized spacial score (nSPS) is 7.50. The van der Waals surface area contributed by atoms with Crippen molar-refractivity contribution in [2.75, 3.05) is 14.2 Å². The summed E-state index contributed by atoms with van der Waals surface area (Å²) in [7, 11) is 2.95. The third kappa shape index (κ3) is 39.6. The fourth-order valence-corrected chi connectivity index (χ4v) is 0.0833. The second kappa shape index (κ2) is 15.8. The van der Waals surface area contributed by atoms with E-state index < -0.39 is 0 Å². The van der Waals surface area contributed by atoms with Crippen molar-refractivity contribution in [2.24, 2.45) is 0 Å². The molecule has 0 aliphatic rings. The van der Waals surface area contributed by atoms with Crippen molar-refractivity contribution in [1.82, 2.24) is 5.64 Å². The molecule has 0 aromatic rings. The van der Waals surface area contributed by atoms with Crippen molar-refractivity contribution < 1.29 is 9.68 Å². The highest BCUT2D eigenvalue weighted by Gasteiger charge is 1.58. The third-order valence-electron chi connectivity index (χ3n) is 0.167. The molecule has 0 radical (unpaired) electrons. The van der Waals surface area contributed by atoms with E-state index in [1.807, 2.05) is 0 Å². The zero-order valence-electron chi connectivity index (χ0n) is 6.02. The Kier molecular flexibility index (Phi) is 21.3. The molecule has 0 saturated carbocycles. The molecule has 0 aromatic carbocycles. The van der Waals surface area contributed by atoms with E-state index in [0.29, 0.717) is 0 Å². The second-order valence-electron chi connectivity index (χ2n) is 1.20. The van der Waals surface area contributed by atoms with E-state index in [9.17, 15) is 0 Å².